The van der Waals surface area contributed by atoms with Crippen molar-refractivity contribution >= 4 is 0 Å². The zero-order valence-corrected chi connectivity index (χ0v) is 14.5. The largest absolute Gasteiger partial charge is 0.0588 e. The van der Waals surface area contributed by atoms with E-state index in [1.807, 2.05) is 0 Å². The van der Waals surface area contributed by atoms with Gasteiger partial charge in [0.15, 0.2) is 0 Å². The lowest BCUT2D eigenvalue weighted by molar-refractivity contribution is 0.638. The predicted molar refractivity (Wildman–Crippen MR) is 93.3 cm³/mol. The van der Waals surface area contributed by atoms with E-state index in [1.54, 1.807) is 0 Å². The standard InChI is InChI=1S/C21H28/c1-14(2)20-11-10-19(13-17(20)5)21(6,7)18-9-8-15(3)16(4)12-18/h8-14H,1-7H3. The first-order valence-corrected chi connectivity index (χ1v) is 7.92. The first kappa shape index (κ1) is 15.8. The molecule has 0 aliphatic rings. The molecule has 0 saturated carbocycles. The van der Waals surface area contributed by atoms with Gasteiger partial charge in [0.2, 0.25) is 0 Å². The molecule has 0 radical (unpaired) electrons. The third-order valence-corrected chi connectivity index (χ3v) is 4.84. The van der Waals surface area contributed by atoms with E-state index in [4.69, 9.17) is 0 Å². The Bertz CT molecular complexity index is 645. The maximum Gasteiger partial charge on any atom is 0.0146 e. The first-order chi connectivity index (χ1) is 9.73. The van der Waals surface area contributed by atoms with E-state index >= 15 is 0 Å². The van der Waals surface area contributed by atoms with Crippen molar-refractivity contribution in [1.29, 1.82) is 0 Å². The molecular formula is C21H28. The fourth-order valence-corrected chi connectivity index (χ4v) is 3.01. The topological polar surface area (TPSA) is 0 Å². The van der Waals surface area contributed by atoms with Crippen LogP contribution in [0.3, 0.4) is 0 Å². The van der Waals surface area contributed by atoms with Crippen molar-refractivity contribution < 1.29 is 0 Å². The van der Waals surface area contributed by atoms with Gasteiger partial charge in [-0.25, -0.2) is 0 Å². The van der Waals surface area contributed by atoms with Crippen molar-refractivity contribution in [2.45, 2.75) is 59.8 Å². The van der Waals surface area contributed by atoms with E-state index < -0.39 is 0 Å². The molecule has 0 amide bonds. The van der Waals surface area contributed by atoms with Gasteiger partial charge in [0.1, 0.15) is 0 Å². The summed E-state index contributed by atoms with van der Waals surface area (Å²) in [5.41, 5.74) is 8.42. The lowest BCUT2D eigenvalue weighted by atomic mass is 9.76. The highest BCUT2D eigenvalue weighted by Gasteiger charge is 2.24. The summed E-state index contributed by atoms with van der Waals surface area (Å²) in [7, 11) is 0. The fraction of sp³-hybridized carbons (Fsp3) is 0.429. The van der Waals surface area contributed by atoms with Gasteiger partial charge in [-0.1, -0.05) is 64.1 Å². The van der Waals surface area contributed by atoms with Gasteiger partial charge in [-0.3, -0.25) is 0 Å². The highest BCUT2D eigenvalue weighted by Crippen LogP contribution is 2.34. The smallest absolute Gasteiger partial charge is 0.0146 e. The van der Waals surface area contributed by atoms with E-state index in [-0.39, 0.29) is 5.41 Å². The number of rotatable bonds is 3. The molecule has 0 aromatic heterocycles. The molecule has 0 unspecified atom stereocenters. The Morgan fingerprint density at radius 3 is 1.71 bits per heavy atom. The molecule has 0 atom stereocenters. The second-order valence-corrected chi connectivity index (χ2v) is 7.15. The van der Waals surface area contributed by atoms with E-state index in [1.165, 1.54) is 33.4 Å². The summed E-state index contributed by atoms with van der Waals surface area (Å²) in [6.45, 7) is 15.8. The fourth-order valence-electron chi connectivity index (χ4n) is 3.01. The summed E-state index contributed by atoms with van der Waals surface area (Å²) in [5, 5.41) is 0. The zero-order chi connectivity index (χ0) is 15.8. The van der Waals surface area contributed by atoms with Crippen LogP contribution in [0.4, 0.5) is 0 Å². The second-order valence-electron chi connectivity index (χ2n) is 7.15. The van der Waals surface area contributed by atoms with Crippen molar-refractivity contribution in [2.24, 2.45) is 0 Å². The van der Waals surface area contributed by atoms with E-state index in [9.17, 15) is 0 Å². The molecule has 0 heteroatoms. The molecule has 0 aliphatic heterocycles. The van der Waals surface area contributed by atoms with Crippen LogP contribution in [0.5, 0.6) is 0 Å². The van der Waals surface area contributed by atoms with E-state index in [0.29, 0.717) is 5.92 Å². The third kappa shape index (κ3) is 3.05. The SMILES string of the molecule is Cc1ccc(C(C)(C)c2ccc(C(C)C)c(C)c2)cc1C. The zero-order valence-electron chi connectivity index (χ0n) is 14.5. The lowest BCUT2D eigenvalue weighted by Crippen LogP contribution is -2.19. The van der Waals surface area contributed by atoms with Gasteiger partial charge in [-0.05, 0) is 60.1 Å². The van der Waals surface area contributed by atoms with E-state index in [0.717, 1.165) is 0 Å². The van der Waals surface area contributed by atoms with Crippen LogP contribution < -0.4 is 0 Å². The maximum absolute atomic E-state index is 2.37. The van der Waals surface area contributed by atoms with Gasteiger partial charge in [0.05, 0.1) is 0 Å². The number of benzene rings is 2. The van der Waals surface area contributed by atoms with Crippen molar-refractivity contribution in [3.63, 3.8) is 0 Å². The summed E-state index contributed by atoms with van der Waals surface area (Å²) in [6, 6.07) is 13.8. The van der Waals surface area contributed by atoms with Crippen molar-refractivity contribution in [3.8, 4) is 0 Å². The molecule has 0 aliphatic carbocycles. The molecule has 0 heterocycles. The number of aryl methyl sites for hydroxylation is 3. The number of hydrogen-bond acceptors (Lipinski definition) is 0. The molecule has 0 saturated heterocycles. The minimum Gasteiger partial charge on any atom is -0.0588 e. The van der Waals surface area contributed by atoms with Gasteiger partial charge in [0, 0.05) is 5.41 Å². The van der Waals surface area contributed by atoms with Gasteiger partial charge < -0.3 is 0 Å². The lowest BCUT2D eigenvalue weighted by Gasteiger charge is -2.28. The molecule has 112 valence electrons. The first-order valence-electron chi connectivity index (χ1n) is 7.92. The molecular weight excluding hydrogens is 252 g/mol. The number of hydrogen-bond donors (Lipinski definition) is 0. The van der Waals surface area contributed by atoms with Gasteiger partial charge in [0.25, 0.3) is 0 Å². The molecule has 0 bridgehead atoms. The Balaban J connectivity index is 2.48. The summed E-state index contributed by atoms with van der Waals surface area (Å²) in [5.74, 6) is 0.587. The average Bonchev–Trinajstić information content (AvgIpc) is 2.41. The molecule has 2 rings (SSSR count). The molecule has 2 aromatic carbocycles. The second kappa shape index (κ2) is 5.67. The quantitative estimate of drug-likeness (QED) is 0.641. The van der Waals surface area contributed by atoms with Crippen LogP contribution in [0.25, 0.3) is 0 Å². The van der Waals surface area contributed by atoms with Crippen LogP contribution in [0.1, 0.15) is 67.0 Å². The Kier molecular flexibility index (Phi) is 4.27. The average molecular weight is 280 g/mol. The molecule has 0 nitrogen and oxygen atoms in total. The normalized spacial score (nSPS) is 12.0. The molecule has 2 aromatic rings. The van der Waals surface area contributed by atoms with Crippen molar-refractivity contribution in [1.82, 2.24) is 0 Å². The van der Waals surface area contributed by atoms with E-state index in [2.05, 4.69) is 84.9 Å². The van der Waals surface area contributed by atoms with Crippen LogP contribution in [0.15, 0.2) is 36.4 Å². The third-order valence-electron chi connectivity index (χ3n) is 4.84. The van der Waals surface area contributed by atoms with Crippen molar-refractivity contribution in [3.05, 3.63) is 69.8 Å². The Hall–Kier alpha value is -1.56. The summed E-state index contributed by atoms with van der Waals surface area (Å²) in [6.07, 6.45) is 0. The van der Waals surface area contributed by atoms with Crippen LogP contribution in [0.2, 0.25) is 0 Å². The molecule has 0 N–H and O–H groups in total. The minimum absolute atomic E-state index is 0.0404. The Morgan fingerprint density at radius 2 is 1.24 bits per heavy atom. The Morgan fingerprint density at radius 1 is 0.714 bits per heavy atom. The predicted octanol–water partition coefficient (Wildman–Crippen LogP) is 6.06. The maximum atomic E-state index is 2.37. The highest BCUT2D eigenvalue weighted by atomic mass is 14.3. The summed E-state index contributed by atoms with van der Waals surface area (Å²) in [4.78, 5) is 0. The molecule has 21 heavy (non-hydrogen) atoms. The monoisotopic (exact) mass is 280 g/mol. The van der Waals surface area contributed by atoms with Crippen LogP contribution in [-0.4, -0.2) is 0 Å². The van der Waals surface area contributed by atoms with Crippen LogP contribution in [-0.2, 0) is 5.41 Å². The minimum atomic E-state index is 0.0404. The van der Waals surface area contributed by atoms with Crippen LogP contribution >= 0.6 is 0 Å². The summed E-state index contributed by atoms with van der Waals surface area (Å²) >= 11 is 0. The highest BCUT2D eigenvalue weighted by molar-refractivity contribution is 5.44. The molecule has 0 fully saturated rings. The van der Waals surface area contributed by atoms with Crippen LogP contribution in [0, 0.1) is 20.8 Å². The summed E-state index contributed by atoms with van der Waals surface area (Å²) < 4.78 is 0. The van der Waals surface area contributed by atoms with Gasteiger partial charge >= 0.3 is 0 Å². The molecule has 0 spiro atoms. The van der Waals surface area contributed by atoms with Gasteiger partial charge in [-0.15, -0.1) is 0 Å². The Labute approximate surface area is 130 Å². The van der Waals surface area contributed by atoms with Crippen molar-refractivity contribution in [2.75, 3.05) is 0 Å². The van der Waals surface area contributed by atoms with Gasteiger partial charge in [-0.2, -0.15) is 0 Å².